The molecular formula is C15H27N3. The van der Waals surface area contributed by atoms with E-state index in [1.54, 1.807) is 0 Å². The minimum atomic E-state index is 0.281. The zero-order chi connectivity index (χ0) is 12.8. The highest BCUT2D eigenvalue weighted by atomic mass is 15.3. The van der Waals surface area contributed by atoms with Gasteiger partial charge in [-0.2, -0.15) is 5.10 Å². The summed E-state index contributed by atoms with van der Waals surface area (Å²) in [6, 6.07) is 3.08. The fourth-order valence-corrected chi connectivity index (χ4v) is 2.89. The van der Waals surface area contributed by atoms with Crippen LogP contribution in [0.1, 0.15) is 70.0 Å². The lowest BCUT2D eigenvalue weighted by molar-refractivity contribution is 0.459. The summed E-state index contributed by atoms with van der Waals surface area (Å²) >= 11 is 0. The third-order valence-electron chi connectivity index (χ3n) is 4.01. The van der Waals surface area contributed by atoms with Crippen LogP contribution in [0, 0.1) is 0 Å². The van der Waals surface area contributed by atoms with Gasteiger partial charge in [0.25, 0.3) is 0 Å². The lowest BCUT2D eigenvalue weighted by Gasteiger charge is -2.11. The van der Waals surface area contributed by atoms with Gasteiger partial charge in [0.15, 0.2) is 0 Å². The van der Waals surface area contributed by atoms with E-state index in [-0.39, 0.29) is 6.04 Å². The lowest BCUT2D eigenvalue weighted by Crippen LogP contribution is -2.23. The smallest absolute Gasteiger partial charge is 0.0640 e. The predicted molar refractivity (Wildman–Crippen MR) is 75.6 cm³/mol. The van der Waals surface area contributed by atoms with Crippen molar-refractivity contribution in [1.82, 2.24) is 9.78 Å². The van der Waals surface area contributed by atoms with Crippen LogP contribution < -0.4 is 5.73 Å². The van der Waals surface area contributed by atoms with Crippen molar-refractivity contribution in [3.63, 3.8) is 0 Å². The van der Waals surface area contributed by atoms with E-state index in [2.05, 4.69) is 23.9 Å². The Bertz CT molecular complexity index is 339. The Kier molecular flexibility index (Phi) is 5.24. The molecule has 3 heteroatoms. The number of hydrogen-bond acceptors (Lipinski definition) is 2. The van der Waals surface area contributed by atoms with Gasteiger partial charge in [-0.25, -0.2) is 0 Å². The van der Waals surface area contributed by atoms with Crippen LogP contribution in [0.15, 0.2) is 12.3 Å². The molecule has 2 N–H and O–H groups in total. The van der Waals surface area contributed by atoms with Crippen molar-refractivity contribution in [3.05, 3.63) is 18.0 Å². The third kappa shape index (κ3) is 3.84. The Balaban J connectivity index is 1.78. The zero-order valence-electron chi connectivity index (χ0n) is 11.6. The molecule has 1 aromatic rings. The molecule has 18 heavy (non-hydrogen) atoms. The Morgan fingerprint density at radius 2 is 2.17 bits per heavy atom. The van der Waals surface area contributed by atoms with Crippen LogP contribution in [0.5, 0.6) is 0 Å². The van der Waals surface area contributed by atoms with Gasteiger partial charge < -0.3 is 5.73 Å². The first-order valence-electron chi connectivity index (χ1n) is 7.59. The van der Waals surface area contributed by atoms with E-state index < -0.39 is 0 Å². The number of unbranched alkanes of at least 4 members (excludes halogenated alkanes) is 2. The molecule has 3 nitrogen and oxygen atoms in total. The predicted octanol–water partition coefficient (Wildman–Crippen LogP) is 3.45. The van der Waals surface area contributed by atoms with Crippen molar-refractivity contribution in [2.75, 3.05) is 0 Å². The molecule has 102 valence electrons. The highest BCUT2D eigenvalue weighted by molar-refractivity contribution is 5.02. The SMILES string of the molecule is CCCCCC(N)Cc1ccn(C2CCCC2)n1. The molecule has 0 saturated heterocycles. The molecule has 1 atom stereocenters. The molecule has 0 amide bonds. The Morgan fingerprint density at radius 1 is 1.39 bits per heavy atom. The van der Waals surface area contributed by atoms with E-state index in [0.717, 1.165) is 12.8 Å². The average Bonchev–Trinajstić information content (AvgIpc) is 2.98. The maximum atomic E-state index is 6.16. The van der Waals surface area contributed by atoms with Gasteiger partial charge in [0, 0.05) is 18.7 Å². The Hall–Kier alpha value is -0.830. The van der Waals surface area contributed by atoms with Gasteiger partial charge >= 0.3 is 0 Å². The first-order valence-corrected chi connectivity index (χ1v) is 7.59. The summed E-state index contributed by atoms with van der Waals surface area (Å²) in [7, 11) is 0. The second kappa shape index (κ2) is 6.93. The number of aromatic nitrogens is 2. The van der Waals surface area contributed by atoms with Gasteiger partial charge in [-0.3, -0.25) is 4.68 Å². The molecule has 0 radical (unpaired) electrons. The van der Waals surface area contributed by atoms with Gasteiger partial charge in [-0.1, -0.05) is 39.0 Å². The maximum Gasteiger partial charge on any atom is 0.0640 e. The van der Waals surface area contributed by atoms with E-state index in [1.807, 2.05) is 0 Å². The maximum absolute atomic E-state index is 6.16. The van der Waals surface area contributed by atoms with Crippen molar-refractivity contribution in [2.45, 2.75) is 76.8 Å². The standard InChI is InChI=1S/C15H27N3/c1-2-3-4-7-13(16)12-14-10-11-18(17-14)15-8-5-6-9-15/h10-11,13,15H,2-9,12,16H2,1H3. The average molecular weight is 249 g/mol. The Morgan fingerprint density at radius 3 is 2.89 bits per heavy atom. The van der Waals surface area contributed by atoms with Crippen LogP contribution >= 0.6 is 0 Å². The fourth-order valence-electron chi connectivity index (χ4n) is 2.89. The minimum absolute atomic E-state index is 0.281. The summed E-state index contributed by atoms with van der Waals surface area (Å²) in [5, 5.41) is 4.70. The Labute approximate surface area is 111 Å². The summed E-state index contributed by atoms with van der Waals surface area (Å²) in [4.78, 5) is 0. The van der Waals surface area contributed by atoms with Crippen LogP contribution in [-0.4, -0.2) is 15.8 Å². The highest BCUT2D eigenvalue weighted by Crippen LogP contribution is 2.28. The second-order valence-corrected chi connectivity index (χ2v) is 5.69. The van der Waals surface area contributed by atoms with Crippen molar-refractivity contribution in [2.24, 2.45) is 5.73 Å². The normalized spacial score (nSPS) is 18.3. The lowest BCUT2D eigenvalue weighted by atomic mass is 10.1. The fraction of sp³-hybridized carbons (Fsp3) is 0.800. The van der Waals surface area contributed by atoms with E-state index >= 15 is 0 Å². The van der Waals surface area contributed by atoms with Crippen LogP contribution in [0.25, 0.3) is 0 Å². The molecule has 0 bridgehead atoms. The van der Waals surface area contributed by atoms with Gasteiger partial charge in [0.05, 0.1) is 11.7 Å². The molecule has 1 aliphatic carbocycles. The number of nitrogens with zero attached hydrogens (tertiary/aromatic N) is 2. The van der Waals surface area contributed by atoms with Gasteiger partial charge in [0.1, 0.15) is 0 Å². The van der Waals surface area contributed by atoms with Crippen LogP contribution in [0.2, 0.25) is 0 Å². The van der Waals surface area contributed by atoms with E-state index in [9.17, 15) is 0 Å². The molecule has 1 aliphatic rings. The molecule has 0 aromatic carbocycles. The van der Waals surface area contributed by atoms with E-state index in [4.69, 9.17) is 10.8 Å². The topological polar surface area (TPSA) is 43.8 Å². The molecule has 1 unspecified atom stereocenters. The first-order chi connectivity index (χ1) is 8.79. The summed E-state index contributed by atoms with van der Waals surface area (Å²) in [6.45, 7) is 2.23. The summed E-state index contributed by atoms with van der Waals surface area (Å²) in [5.41, 5.74) is 7.33. The molecule has 1 heterocycles. The van der Waals surface area contributed by atoms with E-state index in [1.165, 1.54) is 50.6 Å². The van der Waals surface area contributed by atoms with Crippen LogP contribution in [-0.2, 0) is 6.42 Å². The van der Waals surface area contributed by atoms with Crippen LogP contribution in [0.3, 0.4) is 0 Å². The second-order valence-electron chi connectivity index (χ2n) is 5.69. The molecule has 2 rings (SSSR count). The summed E-state index contributed by atoms with van der Waals surface area (Å²) < 4.78 is 2.17. The summed E-state index contributed by atoms with van der Waals surface area (Å²) in [6.07, 6.45) is 13.3. The number of rotatable bonds is 7. The number of hydrogen-bond donors (Lipinski definition) is 1. The van der Waals surface area contributed by atoms with Gasteiger partial charge in [0.2, 0.25) is 0 Å². The summed E-state index contributed by atoms with van der Waals surface area (Å²) in [5.74, 6) is 0. The van der Waals surface area contributed by atoms with Crippen molar-refractivity contribution < 1.29 is 0 Å². The molecule has 1 saturated carbocycles. The molecule has 0 spiro atoms. The highest BCUT2D eigenvalue weighted by Gasteiger charge is 2.17. The van der Waals surface area contributed by atoms with Gasteiger partial charge in [-0.05, 0) is 25.3 Å². The zero-order valence-corrected chi connectivity index (χ0v) is 11.6. The minimum Gasteiger partial charge on any atom is -0.327 e. The molecular weight excluding hydrogens is 222 g/mol. The molecule has 0 aliphatic heterocycles. The quantitative estimate of drug-likeness (QED) is 0.752. The number of nitrogens with two attached hydrogens (primary N) is 1. The monoisotopic (exact) mass is 249 g/mol. The van der Waals surface area contributed by atoms with E-state index in [0.29, 0.717) is 6.04 Å². The molecule has 1 aromatic heterocycles. The third-order valence-corrected chi connectivity index (χ3v) is 4.01. The van der Waals surface area contributed by atoms with Crippen LogP contribution in [0.4, 0.5) is 0 Å². The van der Waals surface area contributed by atoms with Crippen molar-refractivity contribution in [1.29, 1.82) is 0 Å². The van der Waals surface area contributed by atoms with Crippen molar-refractivity contribution >= 4 is 0 Å². The van der Waals surface area contributed by atoms with Gasteiger partial charge in [-0.15, -0.1) is 0 Å². The molecule has 1 fully saturated rings. The first kappa shape index (κ1) is 13.6. The largest absolute Gasteiger partial charge is 0.327 e. The van der Waals surface area contributed by atoms with Crippen molar-refractivity contribution in [3.8, 4) is 0 Å².